The fourth-order valence-electron chi connectivity index (χ4n) is 18.1. The van der Waals surface area contributed by atoms with Crippen molar-refractivity contribution in [2.45, 2.75) is 18.9 Å². The van der Waals surface area contributed by atoms with Crippen LogP contribution >= 0.6 is 0 Å². The zero-order valence-corrected chi connectivity index (χ0v) is 50.4. The lowest BCUT2D eigenvalue weighted by Gasteiger charge is -2.33. The van der Waals surface area contributed by atoms with E-state index in [1.54, 1.807) is 0 Å². The molecule has 12 aromatic carbocycles. The standard InChI is InChI=1S/C87H58N4/c1-88-72-29-15-13-27-67(72)79-63-43-46-76-80(64(63)42-45-74(79)88)69-40-35-54(53-34-39-59-58-21-7-8-22-60(58)83-81(71(59)47-53)62-24-10-11-25-65(62)86-84(83)68-28-14-16-30-73(68)89(86)2)48-77(69)91(76)55-37-31-50(32-38-55)49-90-75-44-36-52-18-4-6-20-57(52)82(75)85-70-41-33-51-17-3-5-19-56(51)78(70)61-23-9-12-26-66(61)87(85)90/h3-40,42-48,58-59,70H,41,49H2,1-2H3. The maximum atomic E-state index is 2.65. The third-order valence-corrected chi connectivity index (χ3v) is 21.9. The predicted molar refractivity (Wildman–Crippen MR) is 383 cm³/mol. The molecule has 21 rings (SSSR count). The van der Waals surface area contributed by atoms with Gasteiger partial charge in [-0.3, -0.25) is 0 Å². The van der Waals surface area contributed by atoms with E-state index >= 15 is 0 Å². The van der Waals surface area contributed by atoms with Crippen LogP contribution in [-0.2, 0) is 20.6 Å². The van der Waals surface area contributed by atoms with Gasteiger partial charge in [0.05, 0.1) is 22.2 Å². The molecule has 426 valence electrons. The van der Waals surface area contributed by atoms with E-state index in [2.05, 4.69) is 305 Å². The van der Waals surface area contributed by atoms with Gasteiger partial charge in [0.15, 0.2) is 0 Å². The largest absolute Gasteiger partial charge is 0.344 e. The minimum absolute atomic E-state index is 0.192. The number of hydrogen-bond donors (Lipinski definition) is 0. The highest BCUT2D eigenvalue weighted by Gasteiger charge is 2.37. The van der Waals surface area contributed by atoms with Gasteiger partial charge in [0.2, 0.25) is 0 Å². The normalized spacial score (nSPS) is 17.2. The van der Waals surface area contributed by atoms with E-state index in [0.29, 0.717) is 0 Å². The first-order chi connectivity index (χ1) is 45.0. The Hall–Kier alpha value is -11.2. The molecule has 0 spiro atoms. The van der Waals surface area contributed by atoms with Crippen LogP contribution in [0.4, 0.5) is 0 Å². The Morgan fingerprint density at radius 2 is 1.10 bits per heavy atom. The van der Waals surface area contributed by atoms with Crippen molar-refractivity contribution in [3.8, 4) is 16.9 Å². The average Bonchev–Trinajstić information content (AvgIpc) is 1.67. The molecule has 0 radical (unpaired) electrons. The molecule has 0 aliphatic heterocycles. The Balaban J connectivity index is 0.777. The Morgan fingerprint density at radius 1 is 0.440 bits per heavy atom. The molecule has 0 fully saturated rings. The maximum absolute atomic E-state index is 2.65. The van der Waals surface area contributed by atoms with Gasteiger partial charge in [-0.25, -0.2) is 0 Å². The van der Waals surface area contributed by atoms with Crippen molar-refractivity contribution in [2.75, 3.05) is 0 Å². The van der Waals surface area contributed by atoms with E-state index in [1.165, 1.54) is 185 Å². The monoisotopic (exact) mass is 1160 g/mol. The Bertz CT molecular complexity index is 6480. The van der Waals surface area contributed by atoms with E-state index in [1.807, 2.05) is 0 Å². The van der Waals surface area contributed by atoms with Gasteiger partial charge in [-0.1, -0.05) is 218 Å². The van der Waals surface area contributed by atoms with Gasteiger partial charge in [0.1, 0.15) is 0 Å². The van der Waals surface area contributed by atoms with E-state index in [0.717, 1.165) is 18.7 Å². The minimum atomic E-state index is 0.192. The number of rotatable bonds is 4. The molecule has 4 nitrogen and oxygen atoms in total. The number of aryl methyl sites for hydroxylation is 2. The van der Waals surface area contributed by atoms with Crippen molar-refractivity contribution in [3.63, 3.8) is 0 Å². The average molecular weight is 1160 g/mol. The van der Waals surface area contributed by atoms with Crippen molar-refractivity contribution in [1.29, 1.82) is 0 Å². The zero-order valence-electron chi connectivity index (χ0n) is 50.4. The van der Waals surface area contributed by atoms with Crippen molar-refractivity contribution in [1.82, 2.24) is 18.3 Å². The van der Waals surface area contributed by atoms with Crippen LogP contribution in [-0.4, -0.2) is 18.3 Å². The lowest BCUT2D eigenvalue weighted by molar-refractivity contribution is 0.697. The van der Waals surface area contributed by atoms with Gasteiger partial charge >= 0.3 is 0 Å². The lowest BCUT2D eigenvalue weighted by atomic mass is 9.70. The van der Waals surface area contributed by atoms with Gasteiger partial charge in [0.25, 0.3) is 0 Å². The summed E-state index contributed by atoms with van der Waals surface area (Å²) >= 11 is 0. The number of fused-ring (bicyclic) bond motifs is 31. The van der Waals surface area contributed by atoms with Crippen LogP contribution < -0.4 is 20.9 Å². The maximum Gasteiger partial charge on any atom is 0.0575 e. The summed E-state index contributed by atoms with van der Waals surface area (Å²) in [5, 5.41) is 22.4. The molecular formula is C87H58N4. The number of allylic oxidation sites excluding steroid dienone is 8. The second-order valence-corrected chi connectivity index (χ2v) is 26.2. The van der Waals surface area contributed by atoms with Gasteiger partial charge in [0, 0.05) is 115 Å². The first kappa shape index (κ1) is 49.8. The smallest absolute Gasteiger partial charge is 0.0575 e. The zero-order chi connectivity index (χ0) is 59.5. The first-order valence-electron chi connectivity index (χ1n) is 32.3. The third kappa shape index (κ3) is 6.58. The fraction of sp³-hybridized carbons (Fsp3) is 0.0805. The SMILES string of the molecule is Cn1c2ccccc2c2c3ccc4c(c3ccc21)c1ccc(C2=CC3=c5c(c6c7ccccc7n(C)c6c6ccccc56)=C5C=CC=CC5C3C=C2)cc1n4-c1ccc(Cn2c3c(c4c5ccccc5ccc42)C2CC=c4ccccc4=C2c2ccccc2-3)cc1. The summed E-state index contributed by atoms with van der Waals surface area (Å²) in [5.41, 5.74) is 23.3. The molecule has 4 heteroatoms. The van der Waals surface area contributed by atoms with Crippen molar-refractivity contribution in [2.24, 2.45) is 25.9 Å². The number of nitrogens with zero attached hydrogens (tertiary/aromatic N) is 4. The van der Waals surface area contributed by atoms with Crippen molar-refractivity contribution in [3.05, 3.63) is 310 Å². The Kier molecular flexibility index (Phi) is 9.96. The molecule has 4 heterocycles. The van der Waals surface area contributed by atoms with Crippen LogP contribution in [0.25, 0.3) is 154 Å². The van der Waals surface area contributed by atoms with Gasteiger partial charge in [-0.15, -0.1) is 0 Å². The molecule has 3 atom stereocenters. The summed E-state index contributed by atoms with van der Waals surface area (Å²) in [5.74, 6) is 0.649. The molecule has 0 N–H and O–H groups in total. The molecule has 5 aliphatic rings. The summed E-state index contributed by atoms with van der Waals surface area (Å²) < 4.78 is 9.99. The Morgan fingerprint density at radius 3 is 1.95 bits per heavy atom. The molecule has 4 aromatic heterocycles. The van der Waals surface area contributed by atoms with E-state index in [4.69, 9.17) is 0 Å². The minimum Gasteiger partial charge on any atom is -0.344 e. The summed E-state index contributed by atoms with van der Waals surface area (Å²) in [6.45, 7) is 0.737. The van der Waals surface area contributed by atoms with Crippen LogP contribution in [0.3, 0.4) is 0 Å². The summed E-state index contributed by atoms with van der Waals surface area (Å²) in [7, 11) is 4.45. The summed E-state index contributed by atoms with van der Waals surface area (Å²) in [6.07, 6.45) is 20.3. The van der Waals surface area contributed by atoms with Gasteiger partial charge in [-0.2, -0.15) is 0 Å². The number of para-hydroxylation sites is 2. The van der Waals surface area contributed by atoms with E-state index in [-0.39, 0.29) is 17.8 Å². The van der Waals surface area contributed by atoms with Gasteiger partial charge < -0.3 is 18.3 Å². The van der Waals surface area contributed by atoms with Crippen LogP contribution in [0.15, 0.2) is 267 Å². The number of aromatic nitrogens is 4. The van der Waals surface area contributed by atoms with Gasteiger partial charge in [-0.05, 0) is 153 Å². The van der Waals surface area contributed by atoms with Crippen LogP contribution in [0.5, 0.6) is 0 Å². The van der Waals surface area contributed by atoms with E-state index < -0.39 is 0 Å². The molecule has 3 unspecified atom stereocenters. The molecule has 0 amide bonds. The second-order valence-electron chi connectivity index (χ2n) is 26.2. The quantitative estimate of drug-likeness (QED) is 0.167. The molecule has 0 saturated heterocycles. The van der Waals surface area contributed by atoms with Crippen LogP contribution in [0.1, 0.15) is 34.6 Å². The highest BCUT2D eigenvalue weighted by atomic mass is 15.0. The number of hydrogen-bond acceptors (Lipinski definition) is 0. The third-order valence-electron chi connectivity index (χ3n) is 21.9. The Labute approximate surface area is 524 Å². The molecule has 0 bridgehead atoms. The fourth-order valence-corrected chi connectivity index (χ4v) is 18.1. The topological polar surface area (TPSA) is 19.7 Å². The molecular weight excluding hydrogens is 1100 g/mol. The van der Waals surface area contributed by atoms with Crippen LogP contribution in [0, 0.1) is 11.8 Å². The second kappa shape index (κ2) is 18.2. The lowest BCUT2D eigenvalue weighted by Crippen LogP contribution is -2.40. The first-order valence-corrected chi connectivity index (χ1v) is 32.3. The highest BCUT2D eigenvalue weighted by molar-refractivity contribution is 6.30. The molecule has 16 aromatic rings. The van der Waals surface area contributed by atoms with E-state index in [9.17, 15) is 0 Å². The summed E-state index contributed by atoms with van der Waals surface area (Å²) in [6, 6.07) is 85.5. The summed E-state index contributed by atoms with van der Waals surface area (Å²) in [4.78, 5) is 0. The molecule has 0 saturated carbocycles. The number of benzene rings is 12. The predicted octanol–water partition coefficient (Wildman–Crippen LogP) is 18.0. The van der Waals surface area contributed by atoms with Crippen molar-refractivity contribution < 1.29 is 0 Å². The highest BCUT2D eigenvalue weighted by Crippen LogP contribution is 2.53. The molecule has 5 aliphatic carbocycles. The van der Waals surface area contributed by atoms with Crippen molar-refractivity contribution >= 4 is 137 Å². The van der Waals surface area contributed by atoms with Crippen LogP contribution in [0.2, 0.25) is 0 Å². The molecule has 91 heavy (non-hydrogen) atoms.